The Kier molecular flexibility index (Phi) is 4.19. The molecule has 2 fully saturated rings. The van der Waals surface area contributed by atoms with Gasteiger partial charge in [-0.15, -0.1) is 0 Å². The van der Waals surface area contributed by atoms with Gasteiger partial charge >= 0.3 is 0 Å². The molecular formula is C18H27N7. The maximum atomic E-state index is 4.53. The highest BCUT2D eigenvalue weighted by Crippen LogP contribution is 2.34. The second-order valence-corrected chi connectivity index (χ2v) is 8.35. The minimum Gasteiger partial charge on any atom is -0.356 e. The molecule has 0 aromatic carbocycles. The molecule has 2 atom stereocenters. The maximum Gasteiger partial charge on any atom is 0.137 e. The number of aromatic nitrogens is 5. The van der Waals surface area contributed by atoms with Crippen molar-refractivity contribution in [1.29, 1.82) is 0 Å². The second kappa shape index (κ2) is 6.37. The van der Waals surface area contributed by atoms with Crippen molar-refractivity contribution in [3.8, 4) is 0 Å². The minimum absolute atomic E-state index is 0.0610. The van der Waals surface area contributed by atoms with Gasteiger partial charge in [-0.05, 0) is 11.8 Å². The predicted molar refractivity (Wildman–Crippen MR) is 96.4 cm³/mol. The van der Waals surface area contributed by atoms with E-state index in [2.05, 4.69) is 56.7 Å². The largest absolute Gasteiger partial charge is 0.356 e. The smallest absolute Gasteiger partial charge is 0.137 e. The van der Waals surface area contributed by atoms with E-state index in [1.54, 1.807) is 19.0 Å². The van der Waals surface area contributed by atoms with E-state index in [0.717, 1.165) is 49.5 Å². The first-order valence-electron chi connectivity index (χ1n) is 9.11. The van der Waals surface area contributed by atoms with Crippen LogP contribution in [0.5, 0.6) is 0 Å². The van der Waals surface area contributed by atoms with Crippen molar-refractivity contribution in [2.45, 2.75) is 32.7 Å². The van der Waals surface area contributed by atoms with Crippen molar-refractivity contribution in [2.24, 2.45) is 11.8 Å². The average Bonchev–Trinajstić information content (AvgIpc) is 3.28. The minimum atomic E-state index is 0.0610. The highest BCUT2D eigenvalue weighted by molar-refractivity contribution is 5.42. The molecule has 2 aromatic rings. The molecule has 2 aromatic heterocycles. The van der Waals surface area contributed by atoms with E-state index in [0.29, 0.717) is 0 Å². The fourth-order valence-electron chi connectivity index (χ4n) is 3.98. The molecule has 134 valence electrons. The zero-order chi connectivity index (χ0) is 17.4. The van der Waals surface area contributed by atoms with Gasteiger partial charge < -0.3 is 9.80 Å². The lowest BCUT2D eigenvalue weighted by Crippen LogP contribution is -2.31. The summed E-state index contributed by atoms with van der Waals surface area (Å²) in [5.41, 5.74) is 1.18. The van der Waals surface area contributed by atoms with Crippen LogP contribution in [0.3, 0.4) is 0 Å². The number of fused-ring (bicyclic) bond motifs is 1. The lowest BCUT2D eigenvalue weighted by molar-refractivity contribution is 0.296. The fraction of sp³-hybridized carbons (Fsp3) is 0.667. The lowest BCUT2D eigenvalue weighted by atomic mass is 9.92. The van der Waals surface area contributed by atoms with E-state index in [4.69, 9.17) is 0 Å². The lowest BCUT2D eigenvalue weighted by Gasteiger charge is -2.24. The molecule has 7 heteroatoms. The summed E-state index contributed by atoms with van der Waals surface area (Å²) in [7, 11) is 0. The monoisotopic (exact) mass is 341 g/mol. The van der Waals surface area contributed by atoms with Gasteiger partial charge in [-0.25, -0.2) is 15.0 Å². The van der Waals surface area contributed by atoms with Crippen molar-refractivity contribution < 1.29 is 0 Å². The molecule has 25 heavy (non-hydrogen) atoms. The Morgan fingerprint density at radius 1 is 1.00 bits per heavy atom. The van der Waals surface area contributed by atoms with E-state index in [1.165, 1.54) is 13.1 Å². The molecule has 7 nitrogen and oxygen atoms in total. The van der Waals surface area contributed by atoms with Crippen LogP contribution in [-0.2, 0) is 12.0 Å². The van der Waals surface area contributed by atoms with Gasteiger partial charge in [0.15, 0.2) is 0 Å². The van der Waals surface area contributed by atoms with Crippen LogP contribution >= 0.6 is 0 Å². The van der Waals surface area contributed by atoms with Crippen molar-refractivity contribution in [3.05, 3.63) is 30.7 Å². The van der Waals surface area contributed by atoms with Gasteiger partial charge in [0.1, 0.15) is 24.8 Å². The molecular weight excluding hydrogens is 314 g/mol. The molecule has 0 saturated carbocycles. The van der Waals surface area contributed by atoms with E-state index in [-0.39, 0.29) is 5.41 Å². The van der Waals surface area contributed by atoms with Crippen LogP contribution in [0, 0.1) is 11.8 Å². The predicted octanol–water partition coefficient (Wildman–Crippen LogP) is 1.43. The molecule has 4 heterocycles. The Labute approximate surface area is 149 Å². The molecule has 0 aliphatic carbocycles. The molecule has 2 unspecified atom stereocenters. The second-order valence-electron chi connectivity index (χ2n) is 8.35. The third-order valence-electron chi connectivity index (χ3n) is 5.42. The van der Waals surface area contributed by atoms with Gasteiger partial charge in [-0.3, -0.25) is 4.68 Å². The van der Waals surface area contributed by atoms with Crippen LogP contribution in [0.2, 0.25) is 0 Å². The SMILES string of the molecule is CC(C)(C)c1cc(N2CC3CN(CCn4cncn4)CC3C2)ncn1. The van der Waals surface area contributed by atoms with E-state index in [9.17, 15) is 0 Å². The normalized spacial score (nSPS) is 24.0. The van der Waals surface area contributed by atoms with Gasteiger partial charge in [-0.2, -0.15) is 5.10 Å². The molecule has 2 aliphatic rings. The summed E-state index contributed by atoms with van der Waals surface area (Å²) >= 11 is 0. The summed E-state index contributed by atoms with van der Waals surface area (Å²) in [5, 5.41) is 4.19. The van der Waals surface area contributed by atoms with Crippen LogP contribution in [0.1, 0.15) is 26.5 Å². The summed E-state index contributed by atoms with van der Waals surface area (Å²) in [6.45, 7) is 13.1. The van der Waals surface area contributed by atoms with E-state index >= 15 is 0 Å². The molecule has 0 bridgehead atoms. The Hall–Kier alpha value is -2.02. The Morgan fingerprint density at radius 2 is 1.76 bits per heavy atom. The standard InChI is InChI=1S/C18H27N7/c1-18(2,3)16-6-17(21-12-20-16)24-9-14-7-23(8-15(14)10-24)4-5-25-13-19-11-22-25/h6,11-15H,4-5,7-10H2,1-3H3. The first-order valence-corrected chi connectivity index (χ1v) is 9.11. The zero-order valence-corrected chi connectivity index (χ0v) is 15.3. The van der Waals surface area contributed by atoms with Crippen LogP contribution in [-0.4, -0.2) is 62.4 Å². The number of nitrogens with zero attached hydrogens (tertiary/aromatic N) is 7. The third kappa shape index (κ3) is 3.51. The van der Waals surface area contributed by atoms with Crippen molar-refractivity contribution in [1.82, 2.24) is 29.6 Å². The first-order chi connectivity index (χ1) is 12.0. The molecule has 2 saturated heterocycles. The van der Waals surface area contributed by atoms with Gasteiger partial charge in [0.2, 0.25) is 0 Å². The zero-order valence-electron chi connectivity index (χ0n) is 15.3. The number of hydrogen-bond donors (Lipinski definition) is 0. The Balaban J connectivity index is 1.35. The molecule has 0 radical (unpaired) electrons. The van der Waals surface area contributed by atoms with E-state index < -0.39 is 0 Å². The number of rotatable bonds is 4. The molecule has 2 aliphatic heterocycles. The first kappa shape index (κ1) is 16.4. The average molecular weight is 341 g/mol. The Morgan fingerprint density at radius 3 is 2.40 bits per heavy atom. The number of hydrogen-bond acceptors (Lipinski definition) is 6. The highest BCUT2D eigenvalue weighted by Gasteiger charge is 2.40. The van der Waals surface area contributed by atoms with Gasteiger partial charge in [-0.1, -0.05) is 20.8 Å². The van der Waals surface area contributed by atoms with Gasteiger partial charge in [0.25, 0.3) is 0 Å². The van der Waals surface area contributed by atoms with Crippen LogP contribution < -0.4 is 4.90 Å². The summed E-state index contributed by atoms with van der Waals surface area (Å²) in [6.07, 6.45) is 5.11. The summed E-state index contributed by atoms with van der Waals surface area (Å²) in [4.78, 5) is 18.0. The van der Waals surface area contributed by atoms with Crippen LogP contribution in [0.25, 0.3) is 0 Å². The van der Waals surface area contributed by atoms with Gasteiger partial charge in [0.05, 0.1) is 12.2 Å². The Bertz CT molecular complexity index is 692. The van der Waals surface area contributed by atoms with Crippen molar-refractivity contribution in [2.75, 3.05) is 37.6 Å². The van der Waals surface area contributed by atoms with Crippen LogP contribution in [0.15, 0.2) is 25.0 Å². The van der Waals surface area contributed by atoms with Crippen molar-refractivity contribution in [3.63, 3.8) is 0 Å². The number of anilines is 1. The molecule has 0 N–H and O–H groups in total. The summed E-state index contributed by atoms with van der Waals surface area (Å²) < 4.78 is 1.91. The van der Waals surface area contributed by atoms with E-state index in [1.807, 2.05) is 4.68 Å². The summed E-state index contributed by atoms with van der Waals surface area (Å²) in [5.74, 6) is 2.57. The third-order valence-corrected chi connectivity index (χ3v) is 5.42. The maximum absolute atomic E-state index is 4.53. The van der Waals surface area contributed by atoms with Gasteiger partial charge in [0, 0.05) is 44.2 Å². The molecule has 0 spiro atoms. The quantitative estimate of drug-likeness (QED) is 0.838. The molecule has 0 amide bonds. The van der Waals surface area contributed by atoms with Crippen molar-refractivity contribution >= 4 is 5.82 Å². The van der Waals surface area contributed by atoms with Crippen LogP contribution in [0.4, 0.5) is 5.82 Å². The summed E-state index contributed by atoms with van der Waals surface area (Å²) in [6, 6.07) is 2.17. The fourth-order valence-corrected chi connectivity index (χ4v) is 3.98. The highest BCUT2D eigenvalue weighted by atomic mass is 15.3. The topological polar surface area (TPSA) is 63.0 Å². The molecule has 4 rings (SSSR count). The number of likely N-dealkylation sites (tertiary alicyclic amines) is 1.